The highest BCUT2D eigenvalue weighted by Gasteiger charge is 2.30. The van der Waals surface area contributed by atoms with Crippen LogP contribution >= 0.6 is 12.2 Å². The molecule has 0 radical (unpaired) electrons. The van der Waals surface area contributed by atoms with Crippen LogP contribution in [0.3, 0.4) is 0 Å². The van der Waals surface area contributed by atoms with Gasteiger partial charge in [-0.1, -0.05) is 24.3 Å². The van der Waals surface area contributed by atoms with Crippen LogP contribution < -0.4 is 20.3 Å². The topological polar surface area (TPSA) is 90.0 Å². The van der Waals surface area contributed by atoms with Crippen LogP contribution in [0.25, 0.3) is 0 Å². The average Bonchev–Trinajstić information content (AvgIpc) is 3.56. The fraction of sp³-hybridized carbons (Fsp3) is 0.231. The second kappa shape index (κ2) is 10.6. The number of para-hydroxylation sites is 1. The smallest absolute Gasteiger partial charge is 0.328 e. The summed E-state index contributed by atoms with van der Waals surface area (Å²) in [6, 6.07) is 19.9. The lowest BCUT2D eigenvalue weighted by Gasteiger charge is -2.21. The van der Waals surface area contributed by atoms with Crippen molar-refractivity contribution in [3.05, 3.63) is 72.9 Å². The maximum atomic E-state index is 12.9. The molecule has 0 unspecified atom stereocenters. The molecule has 184 valence electrons. The van der Waals surface area contributed by atoms with Gasteiger partial charge in [-0.15, -0.1) is 0 Å². The number of pyridine rings is 1. The van der Waals surface area contributed by atoms with E-state index < -0.39 is 0 Å². The quantitative estimate of drug-likeness (QED) is 0.470. The van der Waals surface area contributed by atoms with Gasteiger partial charge in [0.05, 0.1) is 6.20 Å². The Kier molecular flexibility index (Phi) is 6.94. The van der Waals surface area contributed by atoms with E-state index in [0.29, 0.717) is 41.2 Å². The first kappa shape index (κ1) is 23.6. The molecule has 2 N–H and O–H groups in total. The maximum Gasteiger partial charge on any atom is 0.328 e. The second-order valence-corrected chi connectivity index (χ2v) is 8.85. The van der Waals surface area contributed by atoms with Gasteiger partial charge in [0.15, 0.2) is 5.11 Å². The van der Waals surface area contributed by atoms with Crippen molar-refractivity contribution in [1.29, 1.82) is 0 Å². The SMILES string of the molecule is O=C(Nc1ccc(Oc2cccc(NC(=O)N3CCN(c4ccccc4)C3=S)c2)cn1)N1CCCC1. The zero-order chi connectivity index (χ0) is 24.9. The Bertz CT molecular complexity index is 1250. The predicted molar refractivity (Wildman–Crippen MR) is 143 cm³/mol. The number of thiocarbonyl (C=S) groups is 1. The number of rotatable bonds is 5. The number of nitrogens with one attached hydrogen (secondary N) is 2. The third kappa shape index (κ3) is 5.38. The first-order valence-corrected chi connectivity index (χ1v) is 12.2. The Morgan fingerprint density at radius 3 is 2.39 bits per heavy atom. The molecule has 2 aliphatic rings. The van der Waals surface area contributed by atoms with Gasteiger partial charge < -0.3 is 19.9 Å². The number of ether oxygens (including phenoxy) is 1. The number of anilines is 3. The summed E-state index contributed by atoms with van der Waals surface area (Å²) in [4.78, 5) is 34.7. The van der Waals surface area contributed by atoms with Gasteiger partial charge in [-0.05, 0) is 61.5 Å². The normalized spacial score (nSPS) is 15.2. The number of aromatic nitrogens is 1. The molecule has 2 fully saturated rings. The van der Waals surface area contributed by atoms with E-state index in [2.05, 4.69) is 15.6 Å². The highest BCUT2D eigenvalue weighted by molar-refractivity contribution is 7.80. The van der Waals surface area contributed by atoms with Gasteiger partial charge in [0.1, 0.15) is 17.3 Å². The molecular weight excluding hydrogens is 476 g/mol. The standard InChI is InChI=1S/C26H26N6O3S/c33-24(30-13-4-5-14-30)29-23-12-11-22(18-27-23)35-21-10-6-7-19(17-21)28-25(34)32-16-15-31(26(32)36)20-8-2-1-3-9-20/h1-3,6-12,17-18H,4-5,13-16H2,(H,28,34)(H,27,29,33). The molecule has 1 aromatic heterocycles. The molecule has 3 heterocycles. The highest BCUT2D eigenvalue weighted by Crippen LogP contribution is 2.26. The Labute approximate surface area is 214 Å². The third-order valence-electron chi connectivity index (χ3n) is 6.01. The minimum absolute atomic E-state index is 0.138. The average molecular weight is 503 g/mol. The molecule has 0 aliphatic carbocycles. The van der Waals surface area contributed by atoms with Crippen LogP contribution in [0.15, 0.2) is 72.9 Å². The zero-order valence-electron chi connectivity index (χ0n) is 19.6. The fourth-order valence-electron chi connectivity index (χ4n) is 4.16. The molecule has 10 heteroatoms. The summed E-state index contributed by atoms with van der Waals surface area (Å²) in [5.41, 5.74) is 1.55. The van der Waals surface area contributed by atoms with Crippen LogP contribution in [0.2, 0.25) is 0 Å². The Morgan fingerprint density at radius 2 is 1.64 bits per heavy atom. The van der Waals surface area contributed by atoms with E-state index in [0.717, 1.165) is 31.6 Å². The van der Waals surface area contributed by atoms with E-state index in [9.17, 15) is 9.59 Å². The molecule has 3 aromatic rings. The van der Waals surface area contributed by atoms with Crippen molar-refractivity contribution in [1.82, 2.24) is 14.8 Å². The summed E-state index contributed by atoms with van der Waals surface area (Å²) < 4.78 is 5.90. The summed E-state index contributed by atoms with van der Waals surface area (Å²) in [6.45, 7) is 2.69. The molecule has 36 heavy (non-hydrogen) atoms. The molecular formula is C26H26N6O3S. The number of hydrogen-bond acceptors (Lipinski definition) is 5. The number of likely N-dealkylation sites (tertiary alicyclic amines) is 1. The Balaban J connectivity index is 1.17. The summed E-state index contributed by atoms with van der Waals surface area (Å²) in [5.74, 6) is 1.52. The highest BCUT2D eigenvalue weighted by atomic mass is 32.1. The molecule has 4 amide bonds. The van der Waals surface area contributed by atoms with Gasteiger partial charge in [0, 0.05) is 43.6 Å². The minimum Gasteiger partial charge on any atom is -0.456 e. The van der Waals surface area contributed by atoms with Crippen molar-refractivity contribution >= 4 is 46.6 Å². The Hall–Kier alpha value is -4.18. The summed E-state index contributed by atoms with van der Waals surface area (Å²) in [6.07, 6.45) is 3.61. The Morgan fingerprint density at radius 1 is 0.833 bits per heavy atom. The van der Waals surface area contributed by atoms with Crippen LogP contribution in [-0.2, 0) is 0 Å². The fourth-order valence-corrected chi connectivity index (χ4v) is 4.53. The van der Waals surface area contributed by atoms with Crippen molar-refractivity contribution in [2.45, 2.75) is 12.8 Å². The van der Waals surface area contributed by atoms with Gasteiger partial charge in [-0.2, -0.15) is 0 Å². The van der Waals surface area contributed by atoms with E-state index in [-0.39, 0.29) is 12.1 Å². The van der Waals surface area contributed by atoms with Crippen molar-refractivity contribution in [2.24, 2.45) is 0 Å². The minimum atomic E-state index is -0.296. The van der Waals surface area contributed by atoms with Crippen molar-refractivity contribution in [3.63, 3.8) is 0 Å². The second-order valence-electron chi connectivity index (χ2n) is 8.48. The molecule has 5 rings (SSSR count). The monoisotopic (exact) mass is 502 g/mol. The largest absolute Gasteiger partial charge is 0.456 e. The van der Waals surface area contributed by atoms with E-state index in [1.165, 1.54) is 0 Å². The third-order valence-corrected chi connectivity index (χ3v) is 6.45. The first-order chi connectivity index (χ1) is 17.6. The van der Waals surface area contributed by atoms with E-state index in [1.807, 2.05) is 35.2 Å². The zero-order valence-corrected chi connectivity index (χ0v) is 20.4. The number of nitrogens with zero attached hydrogens (tertiary/aromatic N) is 4. The van der Waals surface area contributed by atoms with Crippen molar-refractivity contribution < 1.29 is 14.3 Å². The van der Waals surface area contributed by atoms with Gasteiger partial charge in [-0.3, -0.25) is 10.2 Å². The lowest BCUT2D eigenvalue weighted by molar-refractivity contribution is 0.222. The molecule has 2 aliphatic heterocycles. The molecule has 0 atom stereocenters. The van der Waals surface area contributed by atoms with Gasteiger partial charge >= 0.3 is 12.1 Å². The summed E-state index contributed by atoms with van der Waals surface area (Å²) >= 11 is 5.55. The van der Waals surface area contributed by atoms with Crippen LogP contribution in [0.5, 0.6) is 11.5 Å². The number of amides is 4. The molecule has 0 spiro atoms. The van der Waals surface area contributed by atoms with Crippen molar-refractivity contribution in [3.8, 4) is 11.5 Å². The number of carbonyl (C=O) groups excluding carboxylic acids is 2. The lowest BCUT2D eigenvalue weighted by atomic mass is 10.3. The van der Waals surface area contributed by atoms with Crippen LogP contribution in [0, 0.1) is 0 Å². The molecule has 2 aromatic carbocycles. The van der Waals surface area contributed by atoms with Crippen LogP contribution in [-0.4, -0.2) is 58.1 Å². The lowest BCUT2D eigenvalue weighted by Crippen LogP contribution is -2.38. The number of benzene rings is 2. The molecule has 9 nitrogen and oxygen atoms in total. The van der Waals surface area contributed by atoms with Crippen LogP contribution in [0.4, 0.5) is 26.8 Å². The summed E-state index contributed by atoms with van der Waals surface area (Å²) in [5, 5.41) is 6.17. The molecule has 0 bridgehead atoms. The number of hydrogen-bond donors (Lipinski definition) is 2. The molecule has 2 saturated heterocycles. The number of carbonyl (C=O) groups is 2. The predicted octanol–water partition coefficient (Wildman–Crippen LogP) is 5.14. The van der Waals surface area contributed by atoms with Gasteiger partial charge in [-0.25, -0.2) is 14.6 Å². The van der Waals surface area contributed by atoms with E-state index in [4.69, 9.17) is 17.0 Å². The van der Waals surface area contributed by atoms with Crippen LogP contribution in [0.1, 0.15) is 12.8 Å². The number of urea groups is 2. The molecule has 0 saturated carbocycles. The van der Waals surface area contributed by atoms with E-state index in [1.54, 1.807) is 52.4 Å². The van der Waals surface area contributed by atoms with Crippen molar-refractivity contribution in [2.75, 3.05) is 41.7 Å². The van der Waals surface area contributed by atoms with Gasteiger partial charge in [0.25, 0.3) is 0 Å². The summed E-state index contributed by atoms with van der Waals surface area (Å²) in [7, 11) is 0. The first-order valence-electron chi connectivity index (χ1n) is 11.8. The van der Waals surface area contributed by atoms with Gasteiger partial charge in [0.2, 0.25) is 0 Å². The maximum absolute atomic E-state index is 12.9. The van der Waals surface area contributed by atoms with E-state index >= 15 is 0 Å².